The van der Waals surface area contributed by atoms with Crippen LogP contribution >= 0.6 is 0 Å². The molecule has 0 aliphatic carbocycles. The minimum Gasteiger partial charge on any atom is -0.392 e. The van der Waals surface area contributed by atoms with Crippen molar-refractivity contribution in [2.75, 3.05) is 26.7 Å². The molecule has 1 aliphatic heterocycles. The molecule has 1 aliphatic rings. The molecule has 1 heterocycles. The lowest BCUT2D eigenvalue weighted by Crippen LogP contribution is -2.33. The summed E-state index contributed by atoms with van der Waals surface area (Å²) >= 11 is 0. The van der Waals surface area contributed by atoms with Crippen LogP contribution in [0.2, 0.25) is 0 Å². The number of nitrogens with one attached hydrogen (secondary N) is 1. The standard InChI is InChI=1S/C11H22N2O2/c1-9(14)8-13(2)11(15)4-3-10-5-6-12-7-10/h9-10,12,14H,3-8H2,1-2H3. The van der Waals surface area contributed by atoms with Crippen LogP contribution in [0, 0.1) is 5.92 Å². The maximum atomic E-state index is 11.6. The molecule has 1 amide bonds. The van der Waals surface area contributed by atoms with E-state index in [1.54, 1.807) is 18.9 Å². The Kier molecular flexibility index (Phi) is 5.05. The molecule has 2 N–H and O–H groups in total. The van der Waals surface area contributed by atoms with E-state index in [-0.39, 0.29) is 5.91 Å². The van der Waals surface area contributed by atoms with E-state index in [2.05, 4.69) is 5.32 Å². The Morgan fingerprint density at radius 1 is 1.67 bits per heavy atom. The SMILES string of the molecule is CC(O)CN(C)C(=O)CCC1CCNC1. The van der Waals surface area contributed by atoms with Gasteiger partial charge in [-0.25, -0.2) is 0 Å². The molecule has 0 radical (unpaired) electrons. The Hall–Kier alpha value is -0.610. The minimum atomic E-state index is -0.438. The highest BCUT2D eigenvalue weighted by Gasteiger charge is 2.17. The van der Waals surface area contributed by atoms with Gasteiger partial charge in [-0.15, -0.1) is 0 Å². The van der Waals surface area contributed by atoms with E-state index in [1.807, 2.05) is 0 Å². The van der Waals surface area contributed by atoms with Gasteiger partial charge in [0.15, 0.2) is 0 Å². The largest absolute Gasteiger partial charge is 0.392 e. The highest BCUT2D eigenvalue weighted by atomic mass is 16.3. The van der Waals surface area contributed by atoms with Gasteiger partial charge in [0.25, 0.3) is 0 Å². The monoisotopic (exact) mass is 214 g/mol. The number of hydrogen-bond donors (Lipinski definition) is 2. The zero-order valence-electron chi connectivity index (χ0n) is 9.70. The molecule has 0 aromatic rings. The summed E-state index contributed by atoms with van der Waals surface area (Å²) in [5.41, 5.74) is 0. The van der Waals surface area contributed by atoms with Crippen molar-refractivity contribution in [1.29, 1.82) is 0 Å². The number of hydrogen-bond acceptors (Lipinski definition) is 3. The van der Waals surface area contributed by atoms with Crippen molar-refractivity contribution in [3.63, 3.8) is 0 Å². The average Bonchev–Trinajstić information content (AvgIpc) is 2.65. The third-order valence-electron chi connectivity index (χ3n) is 2.89. The lowest BCUT2D eigenvalue weighted by molar-refractivity contribution is -0.131. The third kappa shape index (κ3) is 4.62. The fourth-order valence-electron chi connectivity index (χ4n) is 1.98. The van der Waals surface area contributed by atoms with Gasteiger partial charge < -0.3 is 15.3 Å². The number of aliphatic hydroxyl groups is 1. The van der Waals surface area contributed by atoms with Crippen molar-refractivity contribution >= 4 is 5.91 Å². The van der Waals surface area contributed by atoms with E-state index in [0.717, 1.165) is 19.5 Å². The Morgan fingerprint density at radius 2 is 2.40 bits per heavy atom. The molecule has 0 spiro atoms. The number of likely N-dealkylation sites (N-methyl/N-ethyl adjacent to an activating group) is 1. The van der Waals surface area contributed by atoms with E-state index in [4.69, 9.17) is 5.11 Å². The normalized spacial score (nSPS) is 22.7. The highest BCUT2D eigenvalue weighted by Crippen LogP contribution is 2.14. The zero-order chi connectivity index (χ0) is 11.3. The van der Waals surface area contributed by atoms with E-state index in [1.165, 1.54) is 6.42 Å². The lowest BCUT2D eigenvalue weighted by Gasteiger charge is -2.19. The molecule has 0 bridgehead atoms. The maximum absolute atomic E-state index is 11.6. The molecule has 1 saturated heterocycles. The second-order valence-corrected chi connectivity index (χ2v) is 4.52. The van der Waals surface area contributed by atoms with Gasteiger partial charge in [-0.1, -0.05) is 0 Å². The van der Waals surface area contributed by atoms with Gasteiger partial charge in [0.2, 0.25) is 5.91 Å². The molecule has 0 aromatic heterocycles. The van der Waals surface area contributed by atoms with Crippen LogP contribution in [0.25, 0.3) is 0 Å². The molecule has 1 fully saturated rings. The van der Waals surface area contributed by atoms with Crippen LogP contribution in [0.15, 0.2) is 0 Å². The van der Waals surface area contributed by atoms with Crippen LogP contribution in [0.1, 0.15) is 26.2 Å². The third-order valence-corrected chi connectivity index (χ3v) is 2.89. The summed E-state index contributed by atoms with van der Waals surface area (Å²) in [7, 11) is 1.75. The maximum Gasteiger partial charge on any atom is 0.222 e. The first-order valence-electron chi connectivity index (χ1n) is 5.72. The second-order valence-electron chi connectivity index (χ2n) is 4.52. The Balaban J connectivity index is 2.16. The molecular weight excluding hydrogens is 192 g/mol. The van der Waals surface area contributed by atoms with Crippen LogP contribution < -0.4 is 5.32 Å². The first-order chi connectivity index (χ1) is 7.09. The molecule has 2 unspecified atom stereocenters. The molecule has 1 rings (SSSR count). The number of carbonyl (C=O) groups excluding carboxylic acids is 1. The van der Waals surface area contributed by atoms with E-state index < -0.39 is 6.10 Å². The quantitative estimate of drug-likeness (QED) is 0.688. The second kappa shape index (κ2) is 6.08. The van der Waals surface area contributed by atoms with Crippen LogP contribution in [-0.4, -0.2) is 48.7 Å². The summed E-state index contributed by atoms with van der Waals surface area (Å²) in [5.74, 6) is 0.802. The minimum absolute atomic E-state index is 0.141. The number of rotatable bonds is 5. The van der Waals surface area contributed by atoms with Gasteiger partial charge in [0.05, 0.1) is 6.10 Å². The molecule has 4 heteroatoms. The highest BCUT2D eigenvalue weighted by molar-refractivity contribution is 5.75. The van der Waals surface area contributed by atoms with Crippen LogP contribution in [0.3, 0.4) is 0 Å². The van der Waals surface area contributed by atoms with E-state index in [0.29, 0.717) is 18.9 Å². The molecule has 0 saturated carbocycles. The molecule has 0 aromatic carbocycles. The molecule has 88 valence electrons. The summed E-state index contributed by atoms with van der Waals surface area (Å²) in [6.45, 7) is 4.27. The summed E-state index contributed by atoms with van der Waals surface area (Å²) in [4.78, 5) is 13.2. The number of amides is 1. The van der Waals surface area contributed by atoms with Crippen LogP contribution in [0.4, 0.5) is 0 Å². The van der Waals surface area contributed by atoms with Crippen molar-refractivity contribution in [2.45, 2.75) is 32.3 Å². The smallest absolute Gasteiger partial charge is 0.222 e. The Bertz CT molecular complexity index is 201. The number of carbonyl (C=O) groups is 1. The predicted molar refractivity (Wildman–Crippen MR) is 59.5 cm³/mol. The van der Waals surface area contributed by atoms with E-state index >= 15 is 0 Å². The predicted octanol–water partition coefficient (Wildman–Crippen LogP) is 0.215. The molecular formula is C11H22N2O2. The Labute approximate surface area is 91.6 Å². The molecule has 2 atom stereocenters. The van der Waals surface area contributed by atoms with Crippen molar-refractivity contribution in [2.24, 2.45) is 5.92 Å². The van der Waals surface area contributed by atoms with Crippen molar-refractivity contribution in [3.8, 4) is 0 Å². The average molecular weight is 214 g/mol. The van der Waals surface area contributed by atoms with Gasteiger partial charge in [0, 0.05) is 20.0 Å². The van der Waals surface area contributed by atoms with Gasteiger partial charge >= 0.3 is 0 Å². The van der Waals surface area contributed by atoms with Crippen LogP contribution in [0.5, 0.6) is 0 Å². The summed E-state index contributed by atoms with van der Waals surface area (Å²) in [6.07, 6.45) is 2.32. The number of aliphatic hydroxyl groups excluding tert-OH is 1. The molecule has 4 nitrogen and oxygen atoms in total. The van der Waals surface area contributed by atoms with Gasteiger partial charge in [0.1, 0.15) is 0 Å². The van der Waals surface area contributed by atoms with Gasteiger partial charge in [-0.3, -0.25) is 4.79 Å². The van der Waals surface area contributed by atoms with Crippen molar-refractivity contribution in [1.82, 2.24) is 10.2 Å². The van der Waals surface area contributed by atoms with Gasteiger partial charge in [-0.2, -0.15) is 0 Å². The fourth-order valence-corrected chi connectivity index (χ4v) is 1.98. The van der Waals surface area contributed by atoms with Crippen molar-refractivity contribution in [3.05, 3.63) is 0 Å². The van der Waals surface area contributed by atoms with Crippen LogP contribution in [-0.2, 0) is 4.79 Å². The van der Waals surface area contributed by atoms with E-state index in [9.17, 15) is 4.79 Å². The van der Waals surface area contributed by atoms with Gasteiger partial charge in [-0.05, 0) is 38.8 Å². The summed E-state index contributed by atoms with van der Waals surface area (Å²) < 4.78 is 0. The first-order valence-corrected chi connectivity index (χ1v) is 5.72. The molecule has 15 heavy (non-hydrogen) atoms. The number of nitrogens with zero attached hydrogens (tertiary/aromatic N) is 1. The fraction of sp³-hybridized carbons (Fsp3) is 0.909. The lowest BCUT2D eigenvalue weighted by atomic mass is 10.0. The Morgan fingerprint density at radius 3 is 2.93 bits per heavy atom. The first kappa shape index (κ1) is 12.5. The summed E-state index contributed by atoms with van der Waals surface area (Å²) in [6, 6.07) is 0. The van der Waals surface area contributed by atoms with Crippen molar-refractivity contribution < 1.29 is 9.90 Å². The zero-order valence-corrected chi connectivity index (χ0v) is 9.70. The summed E-state index contributed by atoms with van der Waals surface area (Å²) in [5, 5.41) is 12.4. The topological polar surface area (TPSA) is 52.6 Å².